The zero-order valence-corrected chi connectivity index (χ0v) is 11.5. The van der Waals surface area contributed by atoms with E-state index in [4.69, 9.17) is 11.6 Å². The summed E-state index contributed by atoms with van der Waals surface area (Å²) in [5, 5.41) is 8.64. The zero-order valence-electron chi connectivity index (χ0n) is 10.7. The first-order valence-corrected chi connectivity index (χ1v) is 6.74. The number of nitrogens with zero attached hydrogens (tertiary/aromatic N) is 6. The molecule has 3 heterocycles. The highest BCUT2D eigenvalue weighted by molar-refractivity contribution is 6.28. The number of anilines is 1. The lowest BCUT2D eigenvalue weighted by atomic mass is 10.1. The van der Waals surface area contributed by atoms with Gasteiger partial charge in [-0.3, -0.25) is 4.57 Å². The summed E-state index contributed by atoms with van der Waals surface area (Å²) in [6, 6.07) is 0.317. The van der Waals surface area contributed by atoms with Gasteiger partial charge in [-0.15, -0.1) is 10.2 Å². The first kappa shape index (κ1) is 11.2. The van der Waals surface area contributed by atoms with Gasteiger partial charge in [0, 0.05) is 6.04 Å². The van der Waals surface area contributed by atoms with Gasteiger partial charge in [-0.25, -0.2) is 4.98 Å². The number of fused-ring (bicyclic) bond motifs is 4. The molecule has 0 bridgehead atoms. The number of aromatic nitrogens is 5. The molecule has 0 unspecified atom stereocenters. The van der Waals surface area contributed by atoms with E-state index in [1.54, 1.807) is 12.5 Å². The third-order valence-electron chi connectivity index (χ3n) is 3.87. The van der Waals surface area contributed by atoms with Gasteiger partial charge < -0.3 is 4.90 Å². The van der Waals surface area contributed by atoms with Gasteiger partial charge in [0.2, 0.25) is 5.28 Å². The lowest BCUT2D eigenvalue weighted by Crippen LogP contribution is -2.46. The van der Waals surface area contributed by atoms with E-state index in [1.807, 2.05) is 4.57 Å². The van der Waals surface area contributed by atoms with Crippen LogP contribution in [-0.4, -0.2) is 30.8 Å². The molecule has 1 spiro atoms. The summed E-state index contributed by atoms with van der Waals surface area (Å²) in [5.41, 5.74) is 0.839. The third-order valence-corrected chi connectivity index (χ3v) is 4.06. The standard InChI is InChI=1S/C12H13ClN6/c1-7(2)19-9-8(5-14-11(13)16-9)18-6-15-17-10(18)12(19)3-4-12/h5-7H,3-4H2,1-2H3. The Morgan fingerprint density at radius 3 is 2.84 bits per heavy atom. The van der Waals surface area contributed by atoms with Crippen LogP contribution in [0.4, 0.5) is 5.82 Å². The Hall–Kier alpha value is -1.69. The van der Waals surface area contributed by atoms with E-state index in [9.17, 15) is 0 Å². The molecule has 0 atom stereocenters. The quantitative estimate of drug-likeness (QED) is 0.745. The minimum Gasteiger partial charge on any atom is -0.339 e. The Bertz CT molecular complexity index is 660. The minimum atomic E-state index is -0.0602. The van der Waals surface area contributed by atoms with Gasteiger partial charge in [0.25, 0.3) is 0 Å². The van der Waals surface area contributed by atoms with Crippen LogP contribution < -0.4 is 4.90 Å². The summed E-state index contributed by atoms with van der Waals surface area (Å²) >= 11 is 5.97. The van der Waals surface area contributed by atoms with E-state index in [0.29, 0.717) is 6.04 Å². The van der Waals surface area contributed by atoms with Crippen molar-refractivity contribution in [3.05, 3.63) is 23.6 Å². The smallest absolute Gasteiger partial charge is 0.224 e. The van der Waals surface area contributed by atoms with Crippen molar-refractivity contribution in [1.29, 1.82) is 0 Å². The highest BCUT2D eigenvalue weighted by atomic mass is 35.5. The van der Waals surface area contributed by atoms with Crippen molar-refractivity contribution in [2.75, 3.05) is 4.90 Å². The van der Waals surface area contributed by atoms with Crippen LogP contribution in [0.1, 0.15) is 32.5 Å². The van der Waals surface area contributed by atoms with E-state index in [2.05, 4.69) is 38.9 Å². The largest absolute Gasteiger partial charge is 0.339 e. The third kappa shape index (κ3) is 1.32. The van der Waals surface area contributed by atoms with Crippen molar-refractivity contribution in [2.45, 2.75) is 38.3 Å². The van der Waals surface area contributed by atoms with Crippen molar-refractivity contribution >= 4 is 17.4 Å². The molecule has 0 N–H and O–H groups in total. The molecular weight excluding hydrogens is 264 g/mol. The minimum absolute atomic E-state index is 0.0602. The van der Waals surface area contributed by atoms with Crippen LogP contribution in [0.2, 0.25) is 5.28 Å². The van der Waals surface area contributed by atoms with Crippen LogP contribution in [-0.2, 0) is 5.54 Å². The van der Waals surface area contributed by atoms with Crippen LogP contribution in [0.15, 0.2) is 12.5 Å². The fraction of sp³-hybridized carbons (Fsp3) is 0.500. The van der Waals surface area contributed by atoms with E-state index in [1.165, 1.54) is 0 Å². The number of hydrogen-bond donors (Lipinski definition) is 0. The van der Waals surface area contributed by atoms with Crippen molar-refractivity contribution < 1.29 is 0 Å². The molecule has 6 nitrogen and oxygen atoms in total. The molecule has 0 aromatic carbocycles. The molecular formula is C12H13ClN6. The highest BCUT2D eigenvalue weighted by Gasteiger charge is 2.57. The van der Waals surface area contributed by atoms with Gasteiger partial charge in [0.1, 0.15) is 17.6 Å². The van der Waals surface area contributed by atoms with Crippen molar-refractivity contribution in [2.24, 2.45) is 0 Å². The van der Waals surface area contributed by atoms with Gasteiger partial charge in [-0.1, -0.05) is 0 Å². The predicted octanol–water partition coefficient (Wildman–Crippen LogP) is 1.93. The van der Waals surface area contributed by atoms with Crippen molar-refractivity contribution in [1.82, 2.24) is 24.7 Å². The zero-order chi connectivity index (χ0) is 13.2. The van der Waals surface area contributed by atoms with Crippen LogP contribution >= 0.6 is 11.6 Å². The van der Waals surface area contributed by atoms with Crippen molar-refractivity contribution in [3.8, 4) is 5.69 Å². The molecule has 19 heavy (non-hydrogen) atoms. The second-order valence-electron chi connectivity index (χ2n) is 5.37. The average molecular weight is 277 g/mol. The summed E-state index contributed by atoms with van der Waals surface area (Å²) in [5.74, 6) is 1.86. The molecule has 1 fully saturated rings. The van der Waals surface area contributed by atoms with E-state index in [0.717, 1.165) is 30.2 Å². The maximum atomic E-state index is 5.97. The number of hydrogen-bond acceptors (Lipinski definition) is 5. The van der Waals surface area contributed by atoms with Gasteiger partial charge in [-0.2, -0.15) is 4.98 Å². The summed E-state index contributed by atoms with van der Waals surface area (Å²) in [4.78, 5) is 10.8. The Morgan fingerprint density at radius 2 is 2.16 bits per heavy atom. The molecule has 98 valence electrons. The number of halogens is 1. The Kier molecular flexibility index (Phi) is 2.02. The molecule has 1 aliphatic heterocycles. The first-order valence-electron chi connectivity index (χ1n) is 6.36. The highest BCUT2D eigenvalue weighted by Crippen LogP contribution is 2.56. The Labute approximate surface area is 115 Å². The Balaban J connectivity index is 2.04. The fourth-order valence-electron chi connectivity index (χ4n) is 3.05. The lowest BCUT2D eigenvalue weighted by molar-refractivity contribution is 0.495. The first-order chi connectivity index (χ1) is 9.13. The normalized spacial score (nSPS) is 18.6. The maximum Gasteiger partial charge on any atom is 0.224 e. The molecule has 2 aromatic rings. The molecule has 2 aliphatic rings. The topological polar surface area (TPSA) is 59.7 Å². The summed E-state index contributed by atoms with van der Waals surface area (Å²) in [6.07, 6.45) is 5.61. The lowest BCUT2D eigenvalue weighted by Gasteiger charge is -2.40. The maximum absolute atomic E-state index is 5.97. The summed E-state index contributed by atoms with van der Waals surface area (Å²) in [7, 11) is 0. The second-order valence-corrected chi connectivity index (χ2v) is 5.71. The number of rotatable bonds is 1. The Morgan fingerprint density at radius 1 is 1.37 bits per heavy atom. The summed E-state index contributed by atoms with van der Waals surface area (Å²) < 4.78 is 1.98. The molecule has 0 amide bonds. The molecule has 0 radical (unpaired) electrons. The van der Waals surface area contributed by atoms with E-state index in [-0.39, 0.29) is 10.8 Å². The van der Waals surface area contributed by atoms with Crippen LogP contribution in [0.5, 0.6) is 0 Å². The monoisotopic (exact) mass is 276 g/mol. The van der Waals surface area contributed by atoms with Gasteiger partial charge in [0.05, 0.1) is 6.20 Å². The fourth-order valence-corrected chi connectivity index (χ4v) is 3.18. The molecule has 2 aromatic heterocycles. The van der Waals surface area contributed by atoms with Crippen LogP contribution in [0.25, 0.3) is 5.69 Å². The SMILES string of the molecule is CC(C)N1c2nc(Cl)ncc2-n2cnnc2C12CC2. The summed E-state index contributed by atoms with van der Waals surface area (Å²) in [6.45, 7) is 4.32. The molecule has 1 aliphatic carbocycles. The second kappa shape index (κ2) is 3.45. The predicted molar refractivity (Wildman–Crippen MR) is 70.5 cm³/mol. The molecule has 4 rings (SSSR count). The molecule has 0 saturated heterocycles. The molecule has 1 saturated carbocycles. The molecule has 7 heteroatoms. The van der Waals surface area contributed by atoms with Gasteiger partial charge in [-0.05, 0) is 38.3 Å². The van der Waals surface area contributed by atoms with E-state index >= 15 is 0 Å². The van der Waals surface area contributed by atoms with Crippen LogP contribution in [0, 0.1) is 0 Å². The van der Waals surface area contributed by atoms with Crippen molar-refractivity contribution in [3.63, 3.8) is 0 Å². The van der Waals surface area contributed by atoms with Gasteiger partial charge in [0.15, 0.2) is 11.6 Å². The van der Waals surface area contributed by atoms with Gasteiger partial charge >= 0.3 is 0 Å². The van der Waals surface area contributed by atoms with Crippen LogP contribution in [0.3, 0.4) is 0 Å². The van der Waals surface area contributed by atoms with E-state index < -0.39 is 0 Å². The average Bonchev–Trinajstić information content (AvgIpc) is 2.97.